The first kappa shape index (κ1) is 11.9. The zero-order chi connectivity index (χ0) is 12.4. The quantitative estimate of drug-likeness (QED) is 0.806. The van der Waals surface area contributed by atoms with E-state index in [0.717, 1.165) is 25.1 Å². The molecule has 1 aromatic carbocycles. The number of phenolic OH excluding ortho intramolecular Hbond substituents is 1. The Labute approximate surface area is 101 Å². The predicted molar refractivity (Wildman–Crippen MR) is 66.2 cm³/mol. The van der Waals surface area contributed by atoms with Crippen molar-refractivity contribution in [2.24, 2.45) is 0 Å². The van der Waals surface area contributed by atoms with Gasteiger partial charge in [-0.1, -0.05) is 11.6 Å². The maximum absolute atomic E-state index is 12.2. The van der Waals surface area contributed by atoms with Gasteiger partial charge in [-0.15, -0.1) is 0 Å². The van der Waals surface area contributed by atoms with E-state index in [9.17, 15) is 9.90 Å². The molecule has 1 heterocycles. The summed E-state index contributed by atoms with van der Waals surface area (Å²) in [6, 6.07) is 5.32. The van der Waals surface area contributed by atoms with Crippen molar-refractivity contribution >= 4 is 5.91 Å². The van der Waals surface area contributed by atoms with Crippen molar-refractivity contribution in [3.05, 3.63) is 29.3 Å². The van der Waals surface area contributed by atoms with Crippen LogP contribution in [0.25, 0.3) is 0 Å². The number of amides is 1. The molecular weight excluding hydrogens is 216 g/mol. The summed E-state index contributed by atoms with van der Waals surface area (Å²) in [7, 11) is 1.79. The van der Waals surface area contributed by atoms with E-state index >= 15 is 0 Å². The van der Waals surface area contributed by atoms with Gasteiger partial charge in [-0.3, -0.25) is 4.79 Å². The van der Waals surface area contributed by atoms with Crippen molar-refractivity contribution in [2.75, 3.05) is 20.1 Å². The van der Waals surface area contributed by atoms with Crippen LogP contribution in [-0.4, -0.2) is 42.1 Å². The molecule has 4 nitrogen and oxygen atoms in total. The van der Waals surface area contributed by atoms with Gasteiger partial charge >= 0.3 is 0 Å². The number of benzene rings is 1. The van der Waals surface area contributed by atoms with E-state index in [1.165, 1.54) is 0 Å². The Morgan fingerprint density at radius 2 is 2.29 bits per heavy atom. The van der Waals surface area contributed by atoms with E-state index < -0.39 is 0 Å². The van der Waals surface area contributed by atoms with E-state index in [4.69, 9.17) is 0 Å². The molecule has 0 saturated carbocycles. The highest BCUT2D eigenvalue weighted by molar-refractivity contribution is 5.97. The number of likely N-dealkylation sites (N-methyl/N-ethyl adjacent to an activating group) is 1. The number of hydrogen-bond acceptors (Lipinski definition) is 3. The molecule has 1 aliphatic rings. The third-order valence-corrected chi connectivity index (χ3v) is 3.28. The number of rotatable bonds is 2. The first-order valence-electron chi connectivity index (χ1n) is 5.87. The Hall–Kier alpha value is -1.55. The maximum Gasteiger partial charge on any atom is 0.257 e. The van der Waals surface area contributed by atoms with Crippen LogP contribution in [0.1, 0.15) is 22.3 Å². The fraction of sp³-hybridized carbons (Fsp3) is 0.462. The number of nitrogens with zero attached hydrogens (tertiary/aromatic N) is 1. The number of hydrogen-bond donors (Lipinski definition) is 2. The molecule has 0 bridgehead atoms. The summed E-state index contributed by atoms with van der Waals surface area (Å²) in [5.41, 5.74) is 1.36. The highest BCUT2D eigenvalue weighted by Crippen LogP contribution is 2.21. The fourth-order valence-corrected chi connectivity index (χ4v) is 2.15. The minimum atomic E-state index is -0.111. The fourth-order valence-electron chi connectivity index (χ4n) is 2.15. The zero-order valence-electron chi connectivity index (χ0n) is 10.2. The Morgan fingerprint density at radius 3 is 2.94 bits per heavy atom. The largest absolute Gasteiger partial charge is 0.507 e. The lowest BCUT2D eigenvalue weighted by Crippen LogP contribution is -2.38. The molecule has 1 aliphatic heterocycles. The van der Waals surface area contributed by atoms with Crippen LogP contribution in [0.2, 0.25) is 0 Å². The monoisotopic (exact) mass is 234 g/mol. The molecule has 1 unspecified atom stereocenters. The second-order valence-electron chi connectivity index (χ2n) is 4.58. The molecule has 2 rings (SSSR count). The summed E-state index contributed by atoms with van der Waals surface area (Å²) in [6.07, 6.45) is 0.967. The van der Waals surface area contributed by atoms with Crippen molar-refractivity contribution in [3.63, 3.8) is 0 Å². The van der Waals surface area contributed by atoms with Gasteiger partial charge in [-0.2, -0.15) is 0 Å². The number of carbonyl (C=O) groups excluding carboxylic acids is 1. The van der Waals surface area contributed by atoms with Gasteiger partial charge in [0.1, 0.15) is 5.75 Å². The van der Waals surface area contributed by atoms with E-state index in [0.29, 0.717) is 5.56 Å². The highest BCUT2D eigenvalue weighted by atomic mass is 16.3. The van der Waals surface area contributed by atoms with Crippen molar-refractivity contribution in [2.45, 2.75) is 19.4 Å². The van der Waals surface area contributed by atoms with E-state index in [1.54, 1.807) is 30.1 Å². The third kappa shape index (κ3) is 2.42. The summed E-state index contributed by atoms with van der Waals surface area (Å²) in [6.45, 7) is 3.68. The van der Waals surface area contributed by atoms with Crippen molar-refractivity contribution in [1.82, 2.24) is 10.2 Å². The van der Waals surface area contributed by atoms with Crippen LogP contribution in [0.5, 0.6) is 5.75 Å². The minimum Gasteiger partial charge on any atom is -0.507 e. The summed E-state index contributed by atoms with van der Waals surface area (Å²) in [4.78, 5) is 14.0. The number of aryl methyl sites for hydroxylation is 1. The van der Waals surface area contributed by atoms with Gasteiger partial charge in [-0.25, -0.2) is 0 Å². The summed E-state index contributed by atoms with van der Waals surface area (Å²) in [5, 5.41) is 13.0. The SMILES string of the molecule is Cc1ccc(O)c(C(=O)N(C)C2CCNC2)c1. The smallest absolute Gasteiger partial charge is 0.257 e. The van der Waals surface area contributed by atoms with Crippen LogP contribution in [0.15, 0.2) is 18.2 Å². The Balaban J connectivity index is 2.20. The molecule has 1 atom stereocenters. The highest BCUT2D eigenvalue weighted by Gasteiger charge is 2.25. The normalized spacial score (nSPS) is 19.3. The van der Waals surface area contributed by atoms with Gasteiger partial charge in [-0.05, 0) is 32.0 Å². The first-order chi connectivity index (χ1) is 8.09. The molecule has 1 aromatic rings. The molecule has 0 aliphatic carbocycles. The van der Waals surface area contributed by atoms with Gasteiger partial charge in [0.05, 0.1) is 5.56 Å². The molecule has 17 heavy (non-hydrogen) atoms. The molecule has 0 spiro atoms. The molecule has 1 saturated heterocycles. The Kier molecular flexibility index (Phi) is 3.33. The zero-order valence-corrected chi connectivity index (χ0v) is 10.2. The van der Waals surface area contributed by atoms with E-state index in [1.807, 2.05) is 6.92 Å². The molecule has 4 heteroatoms. The summed E-state index contributed by atoms with van der Waals surface area (Å²) in [5.74, 6) is -0.0571. The minimum absolute atomic E-state index is 0.0541. The maximum atomic E-state index is 12.2. The second kappa shape index (κ2) is 4.75. The topological polar surface area (TPSA) is 52.6 Å². The van der Waals surface area contributed by atoms with Crippen LogP contribution in [0.4, 0.5) is 0 Å². The van der Waals surface area contributed by atoms with Crippen LogP contribution in [0, 0.1) is 6.92 Å². The second-order valence-corrected chi connectivity index (χ2v) is 4.58. The molecule has 1 fully saturated rings. The number of carbonyl (C=O) groups is 1. The van der Waals surface area contributed by atoms with Crippen LogP contribution in [-0.2, 0) is 0 Å². The van der Waals surface area contributed by atoms with E-state index in [-0.39, 0.29) is 17.7 Å². The molecule has 2 N–H and O–H groups in total. The van der Waals surface area contributed by atoms with Crippen LogP contribution >= 0.6 is 0 Å². The van der Waals surface area contributed by atoms with E-state index in [2.05, 4.69) is 5.32 Å². The molecule has 0 aromatic heterocycles. The lowest BCUT2D eigenvalue weighted by Gasteiger charge is -2.24. The van der Waals surface area contributed by atoms with Gasteiger partial charge in [0.2, 0.25) is 0 Å². The average Bonchev–Trinajstić information content (AvgIpc) is 2.84. The Bertz CT molecular complexity index is 425. The number of aromatic hydroxyl groups is 1. The van der Waals surface area contributed by atoms with Crippen molar-refractivity contribution in [1.29, 1.82) is 0 Å². The predicted octanol–water partition coefficient (Wildman–Crippen LogP) is 1.13. The van der Waals surface area contributed by atoms with Gasteiger partial charge in [0.15, 0.2) is 0 Å². The molecule has 0 radical (unpaired) electrons. The lowest BCUT2D eigenvalue weighted by atomic mass is 10.1. The first-order valence-corrected chi connectivity index (χ1v) is 5.87. The molecule has 92 valence electrons. The van der Waals surface area contributed by atoms with Gasteiger partial charge < -0.3 is 15.3 Å². The van der Waals surface area contributed by atoms with Crippen molar-refractivity contribution < 1.29 is 9.90 Å². The third-order valence-electron chi connectivity index (χ3n) is 3.28. The number of nitrogens with one attached hydrogen (secondary N) is 1. The van der Waals surface area contributed by atoms with Gasteiger partial charge in [0, 0.05) is 19.6 Å². The van der Waals surface area contributed by atoms with Crippen molar-refractivity contribution in [3.8, 4) is 5.75 Å². The summed E-state index contributed by atoms with van der Waals surface area (Å²) < 4.78 is 0. The molecular formula is C13H18N2O2. The number of phenols is 1. The van der Waals surface area contributed by atoms with Crippen LogP contribution < -0.4 is 5.32 Å². The average molecular weight is 234 g/mol. The standard InChI is InChI=1S/C13H18N2O2/c1-9-3-4-12(16)11(7-9)13(17)15(2)10-5-6-14-8-10/h3-4,7,10,14,16H,5-6,8H2,1-2H3. The Morgan fingerprint density at radius 1 is 1.53 bits per heavy atom. The van der Waals surface area contributed by atoms with Gasteiger partial charge in [0.25, 0.3) is 5.91 Å². The molecule has 1 amide bonds. The van der Waals surface area contributed by atoms with Crippen LogP contribution in [0.3, 0.4) is 0 Å². The lowest BCUT2D eigenvalue weighted by molar-refractivity contribution is 0.0740. The summed E-state index contributed by atoms with van der Waals surface area (Å²) >= 11 is 0.